The molecule has 34 heavy (non-hydrogen) atoms. The number of ether oxygens (including phenoxy) is 5. The van der Waals surface area contributed by atoms with Crippen molar-refractivity contribution in [3.05, 3.63) is 82.4 Å². The minimum Gasteiger partial charge on any atom is -0.497 e. The van der Waals surface area contributed by atoms with Crippen LogP contribution in [0.4, 0.5) is 0 Å². The first-order valence-electron chi connectivity index (χ1n) is 10.7. The van der Waals surface area contributed by atoms with Crippen molar-refractivity contribution in [2.24, 2.45) is 0 Å². The second-order valence-electron chi connectivity index (χ2n) is 7.89. The number of benzene rings is 3. The van der Waals surface area contributed by atoms with Crippen LogP contribution in [0.3, 0.4) is 0 Å². The monoisotopic (exact) mass is 480 g/mol. The van der Waals surface area contributed by atoms with Gasteiger partial charge in [-0.05, 0) is 48.5 Å². The Balaban J connectivity index is 1.61. The second-order valence-corrected chi connectivity index (χ2v) is 8.32. The Bertz CT molecular complexity index is 1240. The summed E-state index contributed by atoms with van der Waals surface area (Å²) in [4.78, 5) is 0. The summed E-state index contributed by atoms with van der Waals surface area (Å²) in [5.41, 5.74) is 7.29. The van der Waals surface area contributed by atoms with Crippen LogP contribution in [0.1, 0.15) is 29.0 Å². The molecule has 8 heteroatoms. The first-order chi connectivity index (χ1) is 16.6. The molecule has 0 spiro atoms. The van der Waals surface area contributed by atoms with Crippen LogP contribution < -0.4 is 29.1 Å². The maximum atomic E-state index is 6.48. The average molecular weight is 481 g/mol. The second kappa shape index (κ2) is 9.00. The normalized spacial score (nSPS) is 18.7. The summed E-state index contributed by atoms with van der Waals surface area (Å²) in [5, 5.41) is 2.70. The van der Waals surface area contributed by atoms with Crippen LogP contribution in [0.15, 0.2) is 60.7 Å². The molecule has 3 aromatic rings. The van der Waals surface area contributed by atoms with E-state index in [4.69, 9.17) is 35.3 Å². The molecule has 7 nitrogen and oxygen atoms in total. The molecule has 2 atom stereocenters. The Morgan fingerprint density at radius 1 is 0.882 bits per heavy atom. The van der Waals surface area contributed by atoms with Crippen LogP contribution in [0.2, 0.25) is 5.02 Å². The highest BCUT2D eigenvalue weighted by molar-refractivity contribution is 6.30. The van der Waals surface area contributed by atoms with Gasteiger partial charge in [-0.15, -0.1) is 0 Å². The predicted octanol–water partition coefficient (Wildman–Crippen LogP) is 5.37. The molecular weight excluding hydrogens is 456 g/mol. The predicted molar refractivity (Wildman–Crippen MR) is 130 cm³/mol. The van der Waals surface area contributed by atoms with Crippen molar-refractivity contribution in [1.29, 1.82) is 0 Å². The molecule has 2 aliphatic heterocycles. The molecule has 2 heterocycles. The van der Waals surface area contributed by atoms with Crippen molar-refractivity contribution in [1.82, 2.24) is 10.4 Å². The van der Waals surface area contributed by atoms with Gasteiger partial charge in [-0.1, -0.05) is 23.7 Å². The average Bonchev–Trinajstić information content (AvgIpc) is 3.33. The van der Waals surface area contributed by atoms with E-state index in [1.54, 1.807) is 28.4 Å². The fraction of sp³-hybridized carbons (Fsp3) is 0.231. The summed E-state index contributed by atoms with van der Waals surface area (Å²) >= 11 is 6.35. The lowest BCUT2D eigenvalue weighted by Crippen LogP contribution is -2.43. The Hall–Kier alpha value is -3.55. The highest BCUT2D eigenvalue weighted by atomic mass is 35.5. The Morgan fingerprint density at radius 3 is 2.32 bits per heavy atom. The number of fused-ring (bicyclic) bond motifs is 3. The highest BCUT2D eigenvalue weighted by Gasteiger charge is 2.41. The highest BCUT2D eigenvalue weighted by Crippen LogP contribution is 2.49. The Kier molecular flexibility index (Phi) is 5.89. The SMILES string of the molecule is COc1cccc(C2=CC3c4cc(Cl)ccc4OC(c4cc(OC)c(OC)c(OC)c4)N3N2)c1. The van der Waals surface area contributed by atoms with Gasteiger partial charge in [-0.25, -0.2) is 0 Å². The van der Waals surface area contributed by atoms with E-state index in [-0.39, 0.29) is 6.04 Å². The molecule has 0 amide bonds. The van der Waals surface area contributed by atoms with E-state index in [2.05, 4.69) is 11.5 Å². The van der Waals surface area contributed by atoms with Crippen LogP contribution in [0, 0.1) is 0 Å². The molecule has 2 unspecified atom stereocenters. The molecule has 0 radical (unpaired) electrons. The fourth-order valence-electron chi connectivity index (χ4n) is 4.39. The maximum Gasteiger partial charge on any atom is 0.203 e. The van der Waals surface area contributed by atoms with Gasteiger partial charge >= 0.3 is 0 Å². The molecule has 3 aromatic carbocycles. The number of hydrazine groups is 1. The van der Waals surface area contributed by atoms with E-state index in [9.17, 15) is 0 Å². The van der Waals surface area contributed by atoms with Gasteiger partial charge in [0.05, 0.1) is 40.2 Å². The minimum absolute atomic E-state index is 0.118. The lowest BCUT2D eigenvalue weighted by atomic mass is 10.0. The Labute approximate surface area is 203 Å². The van der Waals surface area contributed by atoms with Gasteiger partial charge in [0.15, 0.2) is 17.7 Å². The molecule has 5 rings (SSSR count). The zero-order valence-corrected chi connectivity index (χ0v) is 20.1. The molecule has 0 aromatic heterocycles. The third-order valence-corrected chi connectivity index (χ3v) is 6.24. The third-order valence-electron chi connectivity index (χ3n) is 6.01. The van der Waals surface area contributed by atoms with Crippen molar-refractivity contribution < 1.29 is 23.7 Å². The number of hydrogen-bond donors (Lipinski definition) is 1. The number of rotatable bonds is 6. The van der Waals surface area contributed by atoms with E-state index in [1.165, 1.54) is 0 Å². The van der Waals surface area contributed by atoms with Crippen LogP contribution >= 0.6 is 11.6 Å². The van der Waals surface area contributed by atoms with Crippen molar-refractivity contribution in [3.8, 4) is 28.7 Å². The van der Waals surface area contributed by atoms with Gasteiger partial charge in [-0.3, -0.25) is 0 Å². The topological polar surface area (TPSA) is 61.4 Å². The van der Waals surface area contributed by atoms with Crippen LogP contribution in [-0.4, -0.2) is 33.4 Å². The van der Waals surface area contributed by atoms with Crippen LogP contribution in [-0.2, 0) is 0 Å². The third kappa shape index (κ3) is 3.77. The van der Waals surface area contributed by atoms with Crippen molar-refractivity contribution >= 4 is 17.3 Å². The molecule has 0 saturated carbocycles. The standard InChI is InChI=1S/C26H25ClN2O5/c1-30-18-7-5-6-15(10-18)20-14-21-19-13-17(27)8-9-22(19)34-26(29(21)28-20)16-11-23(31-2)25(33-4)24(12-16)32-3/h5-14,21,26,28H,1-4H3. The lowest BCUT2D eigenvalue weighted by Gasteiger charge is -2.39. The van der Waals surface area contributed by atoms with Crippen LogP contribution in [0.25, 0.3) is 5.70 Å². The minimum atomic E-state index is -0.480. The van der Waals surface area contributed by atoms with E-state index >= 15 is 0 Å². The fourth-order valence-corrected chi connectivity index (χ4v) is 4.57. The number of hydrogen-bond acceptors (Lipinski definition) is 7. The molecule has 0 aliphatic carbocycles. The maximum absolute atomic E-state index is 6.48. The van der Waals surface area contributed by atoms with Crippen LogP contribution in [0.5, 0.6) is 28.7 Å². The van der Waals surface area contributed by atoms with Crippen molar-refractivity contribution in [2.75, 3.05) is 28.4 Å². The van der Waals surface area contributed by atoms with E-state index in [0.717, 1.165) is 33.9 Å². The zero-order chi connectivity index (χ0) is 23.8. The molecule has 1 N–H and O–H groups in total. The van der Waals surface area contributed by atoms with E-state index < -0.39 is 6.23 Å². The summed E-state index contributed by atoms with van der Waals surface area (Å²) in [6, 6.07) is 17.3. The molecule has 0 saturated heterocycles. The quantitative estimate of drug-likeness (QED) is 0.509. The molecule has 2 aliphatic rings. The zero-order valence-electron chi connectivity index (χ0n) is 19.3. The summed E-state index contributed by atoms with van der Waals surface area (Å²) < 4.78 is 28.6. The van der Waals surface area contributed by atoms with Gasteiger partial charge in [0.2, 0.25) is 5.75 Å². The molecule has 0 bridgehead atoms. The lowest BCUT2D eigenvalue weighted by molar-refractivity contribution is -0.0328. The van der Waals surface area contributed by atoms with Gasteiger partial charge in [0, 0.05) is 21.7 Å². The van der Waals surface area contributed by atoms with E-state index in [0.29, 0.717) is 22.3 Å². The number of halogens is 1. The smallest absolute Gasteiger partial charge is 0.203 e. The van der Waals surface area contributed by atoms with Crippen molar-refractivity contribution in [2.45, 2.75) is 12.3 Å². The Morgan fingerprint density at radius 2 is 1.65 bits per heavy atom. The number of nitrogens with zero attached hydrogens (tertiary/aromatic N) is 1. The summed E-state index contributed by atoms with van der Waals surface area (Å²) in [6.07, 6.45) is 1.68. The van der Waals surface area contributed by atoms with Gasteiger partial charge in [0.1, 0.15) is 11.5 Å². The molecular formula is C26H25ClN2O5. The van der Waals surface area contributed by atoms with Gasteiger partial charge in [0.25, 0.3) is 0 Å². The van der Waals surface area contributed by atoms with Crippen molar-refractivity contribution in [3.63, 3.8) is 0 Å². The first-order valence-corrected chi connectivity index (χ1v) is 11.1. The number of nitrogens with one attached hydrogen (secondary N) is 1. The molecule has 176 valence electrons. The first kappa shape index (κ1) is 22.3. The number of methoxy groups -OCH3 is 4. The summed E-state index contributed by atoms with van der Waals surface area (Å²) in [7, 11) is 6.43. The summed E-state index contributed by atoms with van der Waals surface area (Å²) in [5.74, 6) is 3.18. The summed E-state index contributed by atoms with van der Waals surface area (Å²) in [6.45, 7) is 0. The van der Waals surface area contributed by atoms with Gasteiger partial charge < -0.3 is 29.1 Å². The molecule has 0 fully saturated rings. The van der Waals surface area contributed by atoms with Gasteiger partial charge in [-0.2, -0.15) is 5.01 Å². The van der Waals surface area contributed by atoms with E-state index in [1.807, 2.05) is 59.6 Å². The largest absolute Gasteiger partial charge is 0.497 e.